The SMILES string of the molecule is C=CCOC(=O)C1=C(CN2CCC[C@H](C(N)=O)C2)S[C@@H]2[C@@H]([C@@H](C)O[Si](C)(C)C(C)(C)C)C(=O)N12. The molecular weight excluding hydrogens is 470 g/mol. The number of hydrogen-bond acceptors (Lipinski definition) is 7. The Bertz CT molecular complexity index is 884. The third-order valence-electron chi connectivity index (χ3n) is 7.45. The van der Waals surface area contributed by atoms with Crippen molar-refractivity contribution < 1.29 is 23.5 Å². The maximum atomic E-state index is 13.3. The Labute approximate surface area is 208 Å². The van der Waals surface area contributed by atoms with Crippen LogP contribution in [0.5, 0.6) is 0 Å². The third kappa shape index (κ3) is 5.29. The smallest absolute Gasteiger partial charge is 0.356 e. The molecule has 0 aromatic rings. The minimum atomic E-state index is -2.06. The van der Waals surface area contributed by atoms with Crippen LogP contribution in [-0.2, 0) is 23.5 Å². The number of fused-ring (bicyclic) bond motifs is 1. The molecule has 4 atom stereocenters. The number of rotatable bonds is 9. The summed E-state index contributed by atoms with van der Waals surface area (Å²) in [5.74, 6) is -1.42. The summed E-state index contributed by atoms with van der Waals surface area (Å²) in [5, 5.41) is -0.157. The van der Waals surface area contributed by atoms with Gasteiger partial charge >= 0.3 is 5.97 Å². The highest BCUT2D eigenvalue weighted by atomic mass is 32.2. The highest BCUT2D eigenvalue weighted by Gasteiger charge is 2.59. The van der Waals surface area contributed by atoms with Crippen molar-refractivity contribution in [3.8, 4) is 0 Å². The molecule has 3 aliphatic heterocycles. The first-order chi connectivity index (χ1) is 15.8. The number of nitrogens with two attached hydrogens (primary N) is 1. The Morgan fingerprint density at radius 1 is 1.35 bits per heavy atom. The maximum Gasteiger partial charge on any atom is 0.356 e. The van der Waals surface area contributed by atoms with E-state index in [-0.39, 0.29) is 46.8 Å². The maximum absolute atomic E-state index is 13.3. The largest absolute Gasteiger partial charge is 0.457 e. The van der Waals surface area contributed by atoms with Crippen LogP contribution in [0.15, 0.2) is 23.3 Å². The predicted molar refractivity (Wildman–Crippen MR) is 136 cm³/mol. The van der Waals surface area contributed by atoms with E-state index in [1.165, 1.54) is 6.08 Å². The number of likely N-dealkylation sites (tertiary alicyclic amines) is 1. The Hall–Kier alpha value is -1.62. The Balaban J connectivity index is 1.79. The molecule has 0 spiro atoms. The number of piperidine rings is 1. The van der Waals surface area contributed by atoms with Crippen LogP contribution in [0, 0.1) is 11.8 Å². The van der Waals surface area contributed by atoms with E-state index in [1.807, 2.05) is 6.92 Å². The monoisotopic (exact) mass is 509 g/mol. The fourth-order valence-corrected chi connectivity index (χ4v) is 7.57. The molecule has 2 N–H and O–H groups in total. The molecule has 3 aliphatic rings. The van der Waals surface area contributed by atoms with E-state index >= 15 is 0 Å². The zero-order valence-corrected chi connectivity index (χ0v) is 23.1. The average molecular weight is 510 g/mol. The second kappa shape index (κ2) is 10.2. The van der Waals surface area contributed by atoms with E-state index in [1.54, 1.807) is 16.7 Å². The van der Waals surface area contributed by atoms with Crippen molar-refractivity contribution in [2.24, 2.45) is 17.6 Å². The number of hydrogen-bond donors (Lipinski definition) is 1. The molecule has 34 heavy (non-hydrogen) atoms. The van der Waals surface area contributed by atoms with Crippen LogP contribution in [0.1, 0.15) is 40.5 Å². The normalized spacial score (nSPS) is 26.7. The summed E-state index contributed by atoms with van der Waals surface area (Å²) < 4.78 is 11.9. The van der Waals surface area contributed by atoms with Crippen molar-refractivity contribution in [2.75, 3.05) is 26.2 Å². The summed E-state index contributed by atoms with van der Waals surface area (Å²) in [6.07, 6.45) is 2.91. The molecule has 8 nitrogen and oxygen atoms in total. The van der Waals surface area contributed by atoms with Gasteiger partial charge in [-0.1, -0.05) is 33.4 Å². The number of ether oxygens (including phenoxy) is 1. The molecule has 0 saturated carbocycles. The van der Waals surface area contributed by atoms with Crippen molar-refractivity contribution in [1.82, 2.24) is 9.80 Å². The molecule has 190 valence electrons. The van der Waals surface area contributed by atoms with Gasteiger partial charge in [0.1, 0.15) is 17.7 Å². The summed E-state index contributed by atoms with van der Waals surface area (Å²) in [5.41, 5.74) is 5.86. The lowest BCUT2D eigenvalue weighted by Gasteiger charge is -2.48. The van der Waals surface area contributed by atoms with Crippen LogP contribution in [0.25, 0.3) is 0 Å². The Morgan fingerprint density at radius 2 is 2.03 bits per heavy atom. The molecule has 0 unspecified atom stereocenters. The molecule has 0 aliphatic carbocycles. The van der Waals surface area contributed by atoms with Crippen molar-refractivity contribution in [3.05, 3.63) is 23.3 Å². The summed E-state index contributed by atoms with van der Waals surface area (Å²) in [4.78, 5) is 42.5. The fraction of sp³-hybridized carbons (Fsp3) is 0.708. The number of primary amides is 1. The first-order valence-electron chi connectivity index (χ1n) is 12.0. The van der Waals surface area contributed by atoms with E-state index in [4.69, 9.17) is 14.9 Å². The zero-order chi connectivity index (χ0) is 25.4. The van der Waals surface area contributed by atoms with Gasteiger partial charge in [0.15, 0.2) is 8.32 Å². The van der Waals surface area contributed by atoms with E-state index < -0.39 is 14.3 Å². The van der Waals surface area contributed by atoms with Gasteiger partial charge in [0.05, 0.1) is 17.9 Å². The average Bonchev–Trinajstić information content (AvgIpc) is 3.04. The quantitative estimate of drug-likeness (QED) is 0.221. The van der Waals surface area contributed by atoms with Gasteiger partial charge in [-0.2, -0.15) is 0 Å². The van der Waals surface area contributed by atoms with Crippen molar-refractivity contribution in [2.45, 2.75) is 70.1 Å². The molecule has 0 bridgehead atoms. The van der Waals surface area contributed by atoms with E-state index in [9.17, 15) is 14.4 Å². The topological polar surface area (TPSA) is 102 Å². The van der Waals surface area contributed by atoms with Gasteiger partial charge in [-0.25, -0.2) is 4.79 Å². The van der Waals surface area contributed by atoms with Gasteiger partial charge < -0.3 is 14.9 Å². The predicted octanol–water partition coefficient (Wildman–Crippen LogP) is 3.07. The van der Waals surface area contributed by atoms with E-state index in [0.717, 1.165) is 24.3 Å². The van der Waals surface area contributed by atoms with Gasteiger partial charge in [-0.3, -0.25) is 19.4 Å². The molecule has 0 aromatic carbocycles. The second-order valence-corrected chi connectivity index (χ2v) is 16.9. The summed E-state index contributed by atoms with van der Waals surface area (Å²) in [7, 11) is -2.06. The van der Waals surface area contributed by atoms with Crippen LogP contribution in [0.3, 0.4) is 0 Å². The van der Waals surface area contributed by atoms with Crippen molar-refractivity contribution in [3.63, 3.8) is 0 Å². The second-order valence-electron chi connectivity index (χ2n) is 11.0. The number of amides is 2. The molecule has 2 amide bonds. The van der Waals surface area contributed by atoms with Gasteiger partial charge in [-0.05, 0) is 44.4 Å². The fourth-order valence-electron chi connectivity index (χ4n) is 4.50. The van der Waals surface area contributed by atoms with E-state index in [0.29, 0.717) is 18.8 Å². The number of β-lactam (4-membered cyclic amide) rings is 1. The van der Waals surface area contributed by atoms with Crippen molar-refractivity contribution >= 4 is 37.9 Å². The summed E-state index contributed by atoms with van der Waals surface area (Å²) >= 11 is 1.54. The Kier molecular flexibility index (Phi) is 8.06. The molecule has 0 aromatic heterocycles. The molecule has 0 radical (unpaired) electrons. The highest BCUT2D eigenvalue weighted by Crippen LogP contribution is 2.52. The molecule has 2 fully saturated rings. The third-order valence-corrected chi connectivity index (χ3v) is 13.4. The first kappa shape index (κ1) is 27.0. The number of esters is 1. The number of thioether (sulfide) groups is 1. The lowest BCUT2D eigenvalue weighted by atomic mass is 9.92. The van der Waals surface area contributed by atoms with Crippen LogP contribution in [0.2, 0.25) is 18.1 Å². The van der Waals surface area contributed by atoms with Gasteiger partial charge in [0.25, 0.3) is 0 Å². The molecule has 10 heteroatoms. The summed E-state index contributed by atoms with van der Waals surface area (Å²) in [6, 6.07) is 0. The minimum Gasteiger partial charge on any atom is -0.457 e. The lowest BCUT2D eigenvalue weighted by molar-refractivity contribution is -0.157. The van der Waals surface area contributed by atoms with E-state index in [2.05, 4.69) is 45.3 Å². The zero-order valence-electron chi connectivity index (χ0n) is 21.3. The standard InChI is InChI=1S/C24H39N3O5SSi/c1-8-12-31-23(30)19-17(14-26-11-9-10-16(13-26)20(25)28)33-22-18(21(29)27(19)22)15(2)32-34(6,7)24(3,4)5/h8,15-16,18,22H,1,9-14H2,2-7H3,(H2,25,28)/t15-,16+,18+,22-/m1/s1. The highest BCUT2D eigenvalue weighted by molar-refractivity contribution is 8.04. The molecule has 3 rings (SSSR count). The minimum absolute atomic E-state index is 0.0326. The Morgan fingerprint density at radius 3 is 2.62 bits per heavy atom. The van der Waals surface area contributed by atoms with Gasteiger partial charge in [0, 0.05) is 18.0 Å². The van der Waals surface area contributed by atoms with Crippen LogP contribution in [-0.4, -0.2) is 73.6 Å². The molecular formula is C24H39N3O5SSi. The van der Waals surface area contributed by atoms with Crippen molar-refractivity contribution in [1.29, 1.82) is 0 Å². The van der Waals surface area contributed by atoms with Crippen LogP contribution >= 0.6 is 11.8 Å². The van der Waals surface area contributed by atoms with Gasteiger partial charge in [-0.15, -0.1) is 11.8 Å². The lowest BCUT2D eigenvalue weighted by Crippen LogP contribution is -2.62. The first-order valence-corrected chi connectivity index (χ1v) is 15.8. The number of carbonyl (C=O) groups is 3. The molecule has 2 saturated heterocycles. The van der Waals surface area contributed by atoms with Gasteiger partial charge in [0.2, 0.25) is 11.8 Å². The number of nitrogens with zero attached hydrogens (tertiary/aromatic N) is 2. The van der Waals surface area contributed by atoms with Crippen LogP contribution in [0.4, 0.5) is 0 Å². The van der Waals surface area contributed by atoms with Crippen LogP contribution < -0.4 is 5.73 Å². The molecule has 3 heterocycles. The summed E-state index contributed by atoms with van der Waals surface area (Å²) in [6.45, 7) is 18.4. The number of carbonyl (C=O) groups excluding carboxylic acids is 3.